The number of carbonyl (C=O) groups is 1. The second kappa shape index (κ2) is 7.06. The van der Waals surface area contributed by atoms with E-state index in [1.165, 1.54) is 0 Å². The summed E-state index contributed by atoms with van der Waals surface area (Å²) < 4.78 is 1.01. The van der Waals surface area contributed by atoms with Crippen molar-refractivity contribution in [3.05, 3.63) is 76.3 Å². The summed E-state index contributed by atoms with van der Waals surface area (Å²) in [6, 6.07) is 17.7. The van der Waals surface area contributed by atoms with E-state index in [4.69, 9.17) is 0 Å². The first-order valence-corrected chi connectivity index (χ1v) is 7.23. The second-order valence-corrected chi connectivity index (χ2v) is 5.44. The van der Waals surface area contributed by atoms with Gasteiger partial charge in [0.25, 0.3) is 0 Å². The Morgan fingerprint density at radius 3 is 2.60 bits per heavy atom. The molecule has 1 N–H and O–H groups in total. The minimum Gasteiger partial charge on any atom is -0.346 e. The number of halogens is 1. The zero-order valence-corrected chi connectivity index (χ0v) is 12.8. The molecule has 0 aliphatic rings. The molecule has 3 heteroatoms. The van der Waals surface area contributed by atoms with Gasteiger partial charge in [-0.25, -0.2) is 0 Å². The molecule has 0 saturated heterocycles. The molecule has 102 valence electrons. The van der Waals surface area contributed by atoms with Crippen LogP contribution in [0.5, 0.6) is 0 Å². The normalized spacial score (nSPS) is 12.3. The number of hydrogen-bond donors (Lipinski definition) is 1. The molecule has 0 bridgehead atoms. The summed E-state index contributed by atoms with van der Waals surface area (Å²) in [6.45, 7) is 1.97. The van der Waals surface area contributed by atoms with Gasteiger partial charge in [-0.1, -0.05) is 58.4 Å². The Kier molecular flexibility index (Phi) is 5.13. The maximum Gasteiger partial charge on any atom is 0.244 e. The number of carbonyl (C=O) groups excluding carboxylic acids is 1. The van der Waals surface area contributed by atoms with E-state index in [0.29, 0.717) is 0 Å². The second-order valence-electron chi connectivity index (χ2n) is 4.53. The molecule has 0 aliphatic carbocycles. The van der Waals surface area contributed by atoms with Gasteiger partial charge < -0.3 is 5.32 Å². The van der Waals surface area contributed by atoms with E-state index in [1.807, 2.05) is 67.6 Å². The number of hydrogen-bond acceptors (Lipinski definition) is 1. The molecule has 0 saturated carbocycles. The summed E-state index contributed by atoms with van der Waals surface area (Å²) in [5.74, 6) is -0.0960. The van der Waals surface area contributed by atoms with Crippen LogP contribution in [-0.4, -0.2) is 5.91 Å². The van der Waals surface area contributed by atoms with E-state index in [-0.39, 0.29) is 11.9 Å². The summed E-state index contributed by atoms with van der Waals surface area (Å²) in [5.41, 5.74) is 2.08. The van der Waals surface area contributed by atoms with Crippen molar-refractivity contribution in [3.63, 3.8) is 0 Å². The third-order valence-corrected chi connectivity index (χ3v) is 3.43. The van der Waals surface area contributed by atoms with Crippen LogP contribution in [0.3, 0.4) is 0 Å². The lowest BCUT2D eigenvalue weighted by Gasteiger charge is -2.13. The lowest BCUT2D eigenvalue weighted by atomic mass is 10.1. The Balaban J connectivity index is 1.96. The van der Waals surface area contributed by atoms with Gasteiger partial charge >= 0.3 is 0 Å². The topological polar surface area (TPSA) is 29.1 Å². The highest BCUT2D eigenvalue weighted by Crippen LogP contribution is 2.17. The fraction of sp³-hybridized carbons (Fsp3) is 0.118. The number of rotatable bonds is 4. The number of amides is 1. The predicted molar refractivity (Wildman–Crippen MR) is 86.2 cm³/mol. The van der Waals surface area contributed by atoms with E-state index < -0.39 is 0 Å². The largest absolute Gasteiger partial charge is 0.346 e. The average Bonchev–Trinajstić information content (AvgIpc) is 2.46. The molecule has 1 amide bonds. The molecule has 0 aliphatic heterocycles. The van der Waals surface area contributed by atoms with Crippen molar-refractivity contribution in [2.75, 3.05) is 0 Å². The number of benzene rings is 2. The van der Waals surface area contributed by atoms with Crippen molar-refractivity contribution >= 4 is 27.9 Å². The fourth-order valence-electron chi connectivity index (χ4n) is 1.86. The molecule has 2 aromatic carbocycles. The molecular formula is C17H16BrNO. The SMILES string of the molecule is CC(NC(=O)C=Cc1ccccc1)c1cccc(Br)c1. The lowest BCUT2D eigenvalue weighted by Crippen LogP contribution is -2.24. The smallest absolute Gasteiger partial charge is 0.244 e. The van der Waals surface area contributed by atoms with Crippen LogP contribution in [0, 0.1) is 0 Å². The van der Waals surface area contributed by atoms with Crippen LogP contribution >= 0.6 is 15.9 Å². The Morgan fingerprint density at radius 2 is 1.90 bits per heavy atom. The summed E-state index contributed by atoms with van der Waals surface area (Å²) in [4.78, 5) is 11.9. The van der Waals surface area contributed by atoms with Crippen LogP contribution < -0.4 is 5.32 Å². The molecule has 2 rings (SSSR count). The first kappa shape index (κ1) is 14.5. The molecule has 2 nitrogen and oxygen atoms in total. The third kappa shape index (κ3) is 4.35. The molecule has 0 spiro atoms. The van der Waals surface area contributed by atoms with Gasteiger partial charge in [0.1, 0.15) is 0 Å². The van der Waals surface area contributed by atoms with Crippen LogP contribution in [0.25, 0.3) is 6.08 Å². The minimum atomic E-state index is -0.0960. The van der Waals surface area contributed by atoms with Crippen LogP contribution in [0.1, 0.15) is 24.1 Å². The monoisotopic (exact) mass is 329 g/mol. The van der Waals surface area contributed by atoms with Gasteiger partial charge in [-0.15, -0.1) is 0 Å². The maximum atomic E-state index is 11.9. The number of nitrogens with one attached hydrogen (secondary N) is 1. The van der Waals surface area contributed by atoms with Crippen molar-refractivity contribution in [3.8, 4) is 0 Å². The van der Waals surface area contributed by atoms with Gasteiger partial charge in [0, 0.05) is 10.5 Å². The van der Waals surface area contributed by atoms with Gasteiger partial charge in [0.05, 0.1) is 6.04 Å². The van der Waals surface area contributed by atoms with Gasteiger partial charge in [-0.2, -0.15) is 0 Å². The first-order chi connectivity index (χ1) is 9.65. The van der Waals surface area contributed by atoms with Crippen molar-refractivity contribution in [1.82, 2.24) is 5.32 Å². The molecule has 20 heavy (non-hydrogen) atoms. The quantitative estimate of drug-likeness (QED) is 0.830. The van der Waals surface area contributed by atoms with E-state index in [0.717, 1.165) is 15.6 Å². The van der Waals surface area contributed by atoms with Crippen LogP contribution in [0.2, 0.25) is 0 Å². The third-order valence-electron chi connectivity index (χ3n) is 2.93. The van der Waals surface area contributed by atoms with Gasteiger partial charge in [0.2, 0.25) is 5.91 Å². The molecule has 1 unspecified atom stereocenters. The highest BCUT2D eigenvalue weighted by molar-refractivity contribution is 9.10. The first-order valence-electron chi connectivity index (χ1n) is 6.44. The molecule has 2 aromatic rings. The zero-order chi connectivity index (χ0) is 14.4. The summed E-state index contributed by atoms with van der Waals surface area (Å²) >= 11 is 3.43. The summed E-state index contributed by atoms with van der Waals surface area (Å²) in [7, 11) is 0. The van der Waals surface area contributed by atoms with Crippen LogP contribution in [0.15, 0.2) is 65.1 Å². The van der Waals surface area contributed by atoms with E-state index >= 15 is 0 Å². The van der Waals surface area contributed by atoms with Crippen molar-refractivity contribution in [2.24, 2.45) is 0 Å². The standard InChI is InChI=1S/C17H16BrNO/c1-13(15-8-5-9-16(18)12-15)19-17(20)11-10-14-6-3-2-4-7-14/h2-13H,1H3,(H,19,20). The Morgan fingerprint density at radius 1 is 1.15 bits per heavy atom. The summed E-state index contributed by atoms with van der Waals surface area (Å²) in [6.07, 6.45) is 3.37. The van der Waals surface area contributed by atoms with Crippen molar-refractivity contribution < 1.29 is 4.79 Å². The molecule has 1 atom stereocenters. The molecule has 0 aromatic heterocycles. The van der Waals surface area contributed by atoms with Gasteiger partial charge in [0.15, 0.2) is 0 Å². The zero-order valence-electron chi connectivity index (χ0n) is 11.2. The predicted octanol–water partition coefficient (Wildman–Crippen LogP) is 4.34. The molecule has 0 heterocycles. The van der Waals surface area contributed by atoms with Gasteiger partial charge in [-0.05, 0) is 36.3 Å². The molecular weight excluding hydrogens is 314 g/mol. The average molecular weight is 330 g/mol. The Hall–Kier alpha value is -1.87. The Labute approximate surface area is 127 Å². The lowest BCUT2D eigenvalue weighted by molar-refractivity contribution is -0.117. The van der Waals surface area contributed by atoms with E-state index in [9.17, 15) is 4.79 Å². The highest BCUT2D eigenvalue weighted by Gasteiger charge is 2.07. The highest BCUT2D eigenvalue weighted by atomic mass is 79.9. The van der Waals surface area contributed by atoms with Crippen LogP contribution in [0.4, 0.5) is 0 Å². The fourth-order valence-corrected chi connectivity index (χ4v) is 2.27. The Bertz CT molecular complexity index is 607. The summed E-state index contributed by atoms with van der Waals surface area (Å²) in [5, 5.41) is 2.95. The van der Waals surface area contributed by atoms with Gasteiger partial charge in [-0.3, -0.25) is 4.79 Å². The molecule has 0 fully saturated rings. The minimum absolute atomic E-state index is 0.0274. The van der Waals surface area contributed by atoms with E-state index in [1.54, 1.807) is 6.08 Å². The van der Waals surface area contributed by atoms with Crippen molar-refractivity contribution in [1.29, 1.82) is 0 Å². The van der Waals surface area contributed by atoms with E-state index in [2.05, 4.69) is 21.2 Å². The maximum absolute atomic E-state index is 11.9. The van der Waals surface area contributed by atoms with Crippen LogP contribution in [-0.2, 0) is 4.79 Å². The molecule has 0 radical (unpaired) electrons. The van der Waals surface area contributed by atoms with Crippen molar-refractivity contribution in [2.45, 2.75) is 13.0 Å².